The Labute approximate surface area is 112 Å². The lowest BCUT2D eigenvalue weighted by Gasteiger charge is -2.15. The van der Waals surface area contributed by atoms with Gasteiger partial charge in [0.1, 0.15) is 0 Å². The van der Waals surface area contributed by atoms with Crippen LogP contribution in [0.15, 0.2) is 36.7 Å². The van der Waals surface area contributed by atoms with Crippen LogP contribution in [0.4, 0.5) is 0 Å². The highest BCUT2D eigenvalue weighted by molar-refractivity contribution is 5.87. The van der Waals surface area contributed by atoms with Crippen LogP contribution in [0.3, 0.4) is 0 Å². The zero-order valence-electron chi connectivity index (χ0n) is 11.1. The van der Waals surface area contributed by atoms with E-state index in [9.17, 15) is 4.79 Å². The minimum atomic E-state index is -0.893. The van der Waals surface area contributed by atoms with E-state index >= 15 is 0 Å². The van der Waals surface area contributed by atoms with Gasteiger partial charge >= 0.3 is 5.97 Å². The van der Waals surface area contributed by atoms with Crippen molar-refractivity contribution < 1.29 is 9.90 Å². The van der Waals surface area contributed by atoms with Crippen molar-refractivity contribution >= 4 is 5.97 Å². The number of hydrogen-bond donors (Lipinski definition) is 1. The van der Waals surface area contributed by atoms with Crippen molar-refractivity contribution in [2.75, 3.05) is 7.05 Å². The number of carbonyl (C=O) groups is 1. The third kappa shape index (κ3) is 3.66. The number of aromatic nitrogens is 2. The molecule has 0 aliphatic heterocycles. The molecule has 0 saturated carbocycles. The summed E-state index contributed by atoms with van der Waals surface area (Å²) in [5.41, 5.74) is 2.57. The number of carboxylic acid groups (broad SMARTS) is 1. The van der Waals surface area contributed by atoms with Gasteiger partial charge in [0, 0.05) is 31.9 Å². The van der Waals surface area contributed by atoms with E-state index in [0.717, 1.165) is 24.2 Å². The van der Waals surface area contributed by atoms with Gasteiger partial charge in [-0.25, -0.2) is 4.79 Å². The smallest absolute Gasteiger partial charge is 0.335 e. The lowest BCUT2D eigenvalue weighted by Crippen LogP contribution is -2.17. The molecule has 2 rings (SSSR count). The molecule has 0 saturated heterocycles. The largest absolute Gasteiger partial charge is 0.478 e. The Hall–Kier alpha value is -2.14. The van der Waals surface area contributed by atoms with Crippen LogP contribution in [0, 0.1) is 0 Å². The van der Waals surface area contributed by atoms with E-state index in [2.05, 4.69) is 10.00 Å². The molecule has 0 atom stereocenters. The van der Waals surface area contributed by atoms with Crippen molar-refractivity contribution in [2.45, 2.75) is 13.1 Å². The maximum absolute atomic E-state index is 10.8. The van der Waals surface area contributed by atoms with Crippen LogP contribution in [0.25, 0.3) is 0 Å². The van der Waals surface area contributed by atoms with Gasteiger partial charge in [0.2, 0.25) is 0 Å². The number of rotatable bonds is 5. The van der Waals surface area contributed by atoms with Crippen molar-refractivity contribution in [3.05, 3.63) is 53.3 Å². The highest BCUT2D eigenvalue weighted by atomic mass is 16.4. The summed E-state index contributed by atoms with van der Waals surface area (Å²) >= 11 is 0. The third-order valence-corrected chi connectivity index (χ3v) is 2.86. The fourth-order valence-corrected chi connectivity index (χ4v) is 1.99. The van der Waals surface area contributed by atoms with Crippen molar-refractivity contribution in [1.82, 2.24) is 14.7 Å². The third-order valence-electron chi connectivity index (χ3n) is 2.86. The van der Waals surface area contributed by atoms with Gasteiger partial charge in [0.25, 0.3) is 0 Å². The summed E-state index contributed by atoms with van der Waals surface area (Å²) in [6.45, 7) is 1.59. The van der Waals surface area contributed by atoms with Gasteiger partial charge in [0.15, 0.2) is 0 Å². The number of carboxylic acids is 1. The molecule has 0 fully saturated rings. The number of hydrogen-bond acceptors (Lipinski definition) is 3. The highest BCUT2D eigenvalue weighted by Gasteiger charge is 2.05. The Morgan fingerprint density at radius 3 is 2.42 bits per heavy atom. The molecule has 5 nitrogen and oxygen atoms in total. The lowest BCUT2D eigenvalue weighted by atomic mass is 10.1. The summed E-state index contributed by atoms with van der Waals surface area (Å²) in [5, 5.41) is 13.0. The van der Waals surface area contributed by atoms with Crippen LogP contribution in [0.1, 0.15) is 21.5 Å². The van der Waals surface area contributed by atoms with Gasteiger partial charge in [-0.3, -0.25) is 9.58 Å². The molecule has 0 unspecified atom stereocenters. The molecular weight excluding hydrogens is 242 g/mol. The lowest BCUT2D eigenvalue weighted by molar-refractivity contribution is 0.0697. The zero-order valence-corrected chi connectivity index (χ0v) is 11.1. The molecule has 1 heterocycles. The second-order valence-corrected chi connectivity index (χ2v) is 4.70. The van der Waals surface area contributed by atoms with Crippen molar-refractivity contribution in [1.29, 1.82) is 0 Å². The minimum absolute atomic E-state index is 0.318. The SMILES string of the molecule is CN(Cc1ccc(C(=O)O)cc1)Cc1cnn(C)c1. The molecule has 100 valence electrons. The monoisotopic (exact) mass is 259 g/mol. The van der Waals surface area contributed by atoms with E-state index in [4.69, 9.17) is 5.11 Å². The van der Waals surface area contributed by atoms with Crippen molar-refractivity contribution in [2.24, 2.45) is 7.05 Å². The van der Waals surface area contributed by atoms with E-state index in [0.29, 0.717) is 5.56 Å². The van der Waals surface area contributed by atoms with Crippen LogP contribution in [0.2, 0.25) is 0 Å². The number of aromatic carboxylic acids is 1. The molecule has 0 bridgehead atoms. The van der Waals surface area contributed by atoms with Crippen LogP contribution >= 0.6 is 0 Å². The number of aryl methyl sites for hydroxylation is 1. The van der Waals surface area contributed by atoms with Crippen LogP contribution in [-0.2, 0) is 20.1 Å². The number of nitrogens with zero attached hydrogens (tertiary/aromatic N) is 3. The number of benzene rings is 1. The maximum Gasteiger partial charge on any atom is 0.335 e. The quantitative estimate of drug-likeness (QED) is 0.888. The first-order chi connectivity index (χ1) is 9.04. The first-order valence-corrected chi connectivity index (χ1v) is 6.03. The second-order valence-electron chi connectivity index (χ2n) is 4.70. The van der Waals surface area contributed by atoms with Gasteiger partial charge in [-0.05, 0) is 24.7 Å². The molecule has 5 heteroatoms. The molecular formula is C14H17N3O2. The molecule has 0 radical (unpaired) electrons. The van der Waals surface area contributed by atoms with Gasteiger partial charge in [-0.1, -0.05) is 12.1 Å². The van der Waals surface area contributed by atoms with Crippen LogP contribution in [-0.4, -0.2) is 32.8 Å². The van der Waals surface area contributed by atoms with E-state index in [1.807, 2.05) is 38.6 Å². The van der Waals surface area contributed by atoms with Gasteiger partial charge in [-0.15, -0.1) is 0 Å². The molecule has 1 aromatic carbocycles. The fourth-order valence-electron chi connectivity index (χ4n) is 1.99. The first-order valence-electron chi connectivity index (χ1n) is 6.03. The summed E-state index contributed by atoms with van der Waals surface area (Å²) in [6, 6.07) is 6.97. The summed E-state index contributed by atoms with van der Waals surface area (Å²) in [5.74, 6) is -0.893. The summed E-state index contributed by atoms with van der Waals surface area (Å²) in [4.78, 5) is 12.9. The first kappa shape index (κ1) is 13.3. The standard InChI is InChI=1S/C14H17N3O2/c1-16(9-12-7-15-17(2)10-12)8-11-3-5-13(6-4-11)14(18)19/h3-7,10H,8-9H2,1-2H3,(H,18,19). The van der Waals surface area contributed by atoms with Crippen LogP contribution < -0.4 is 0 Å². The summed E-state index contributed by atoms with van der Waals surface area (Å²) in [6.07, 6.45) is 3.84. The van der Waals surface area contributed by atoms with Gasteiger partial charge in [-0.2, -0.15) is 5.10 Å². The van der Waals surface area contributed by atoms with E-state index in [1.165, 1.54) is 0 Å². The summed E-state index contributed by atoms with van der Waals surface area (Å²) in [7, 11) is 3.92. The van der Waals surface area contributed by atoms with Gasteiger partial charge in [0.05, 0.1) is 11.8 Å². The van der Waals surface area contributed by atoms with E-state index in [-0.39, 0.29) is 0 Å². The topological polar surface area (TPSA) is 58.4 Å². The second kappa shape index (κ2) is 5.67. The predicted molar refractivity (Wildman–Crippen MR) is 71.8 cm³/mol. The molecule has 1 aromatic heterocycles. The van der Waals surface area contributed by atoms with Crippen molar-refractivity contribution in [3.63, 3.8) is 0 Å². The molecule has 2 aromatic rings. The highest BCUT2D eigenvalue weighted by Crippen LogP contribution is 2.09. The van der Waals surface area contributed by atoms with Crippen LogP contribution in [0.5, 0.6) is 0 Å². The Balaban J connectivity index is 1.94. The maximum atomic E-state index is 10.8. The Morgan fingerprint density at radius 1 is 1.26 bits per heavy atom. The van der Waals surface area contributed by atoms with E-state index < -0.39 is 5.97 Å². The average molecular weight is 259 g/mol. The normalized spacial score (nSPS) is 10.9. The zero-order chi connectivity index (χ0) is 13.8. The molecule has 0 aliphatic rings. The molecule has 1 N–H and O–H groups in total. The molecule has 0 spiro atoms. The van der Waals surface area contributed by atoms with Crippen molar-refractivity contribution in [3.8, 4) is 0 Å². The molecule has 19 heavy (non-hydrogen) atoms. The van der Waals surface area contributed by atoms with E-state index in [1.54, 1.807) is 16.8 Å². The molecule has 0 amide bonds. The van der Waals surface area contributed by atoms with Gasteiger partial charge < -0.3 is 5.11 Å². The molecule has 0 aliphatic carbocycles. The fraction of sp³-hybridized carbons (Fsp3) is 0.286. The Bertz CT molecular complexity index is 560. The Kier molecular flexibility index (Phi) is 3.97. The average Bonchev–Trinajstić information content (AvgIpc) is 2.75. The minimum Gasteiger partial charge on any atom is -0.478 e. The predicted octanol–water partition coefficient (Wildman–Crippen LogP) is 1.75. The summed E-state index contributed by atoms with van der Waals surface area (Å²) < 4.78 is 1.78. The Morgan fingerprint density at radius 2 is 1.89 bits per heavy atom.